The molecular weight excluding hydrogens is 368 g/mol. The maximum Gasteiger partial charge on any atom is 0.239 e. The molecule has 0 aromatic heterocycles. The van der Waals surface area contributed by atoms with Crippen molar-refractivity contribution in [3.05, 3.63) is 54.6 Å². The molecule has 7 nitrogen and oxygen atoms in total. The van der Waals surface area contributed by atoms with E-state index in [2.05, 4.69) is 5.32 Å². The lowest BCUT2D eigenvalue weighted by Gasteiger charge is -2.20. The van der Waals surface area contributed by atoms with Gasteiger partial charge in [0.05, 0.1) is 18.5 Å². The van der Waals surface area contributed by atoms with Crippen molar-refractivity contribution < 1.29 is 22.7 Å². The Labute approximate surface area is 160 Å². The van der Waals surface area contributed by atoms with Crippen molar-refractivity contribution >= 4 is 21.6 Å². The standard InChI is InChI=1S/C19H24N2O5S/c1-25-14-8-13-21(27(2,23)24)15-19(22)20-17-11-6-7-12-18(17)26-16-9-4-3-5-10-16/h3-7,9-12H,8,13-15H2,1-2H3,(H,20,22). The summed E-state index contributed by atoms with van der Waals surface area (Å²) in [5.41, 5.74) is 0.469. The molecular formula is C19H24N2O5S. The summed E-state index contributed by atoms with van der Waals surface area (Å²) in [5.74, 6) is 0.667. The van der Waals surface area contributed by atoms with E-state index in [1.54, 1.807) is 43.5 Å². The van der Waals surface area contributed by atoms with Crippen molar-refractivity contribution in [1.29, 1.82) is 0 Å². The van der Waals surface area contributed by atoms with E-state index in [4.69, 9.17) is 9.47 Å². The summed E-state index contributed by atoms with van der Waals surface area (Å²) < 4.78 is 35.7. The van der Waals surface area contributed by atoms with E-state index in [1.165, 1.54) is 0 Å². The van der Waals surface area contributed by atoms with Gasteiger partial charge >= 0.3 is 0 Å². The molecule has 0 radical (unpaired) electrons. The fourth-order valence-corrected chi connectivity index (χ4v) is 3.18. The summed E-state index contributed by atoms with van der Waals surface area (Å²) >= 11 is 0. The second-order valence-corrected chi connectivity index (χ2v) is 7.88. The number of carbonyl (C=O) groups is 1. The zero-order valence-corrected chi connectivity index (χ0v) is 16.2. The molecule has 0 atom stereocenters. The number of benzene rings is 2. The Balaban J connectivity index is 2.06. The smallest absolute Gasteiger partial charge is 0.239 e. The van der Waals surface area contributed by atoms with E-state index in [9.17, 15) is 13.2 Å². The number of para-hydroxylation sites is 3. The molecule has 27 heavy (non-hydrogen) atoms. The molecule has 0 aliphatic carbocycles. The number of carbonyl (C=O) groups excluding carboxylic acids is 1. The van der Waals surface area contributed by atoms with Crippen LogP contribution in [0.2, 0.25) is 0 Å². The van der Waals surface area contributed by atoms with Crippen LogP contribution in [0.25, 0.3) is 0 Å². The highest BCUT2D eigenvalue weighted by Gasteiger charge is 2.20. The van der Waals surface area contributed by atoms with Gasteiger partial charge in [-0.25, -0.2) is 8.42 Å². The zero-order valence-electron chi connectivity index (χ0n) is 15.4. The summed E-state index contributed by atoms with van der Waals surface area (Å²) in [7, 11) is -1.96. The van der Waals surface area contributed by atoms with E-state index < -0.39 is 15.9 Å². The van der Waals surface area contributed by atoms with Gasteiger partial charge in [0, 0.05) is 20.3 Å². The first-order valence-corrected chi connectivity index (χ1v) is 10.3. The van der Waals surface area contributed by atoms with E-state index in [0.717, 1.165) is 10.6 Å². The average molecular weight is 392 g/mol. The minimum atomic E-state index is -3.51. The molecule has 0 saturated heterocycles. The molecule has 0 saturated carbocycles. The third-order valence-electron chi connectivity index (χ3n) is 3.68. The largest absolute Gasteiger partial charge is 0.455 e. The molecule has 2 rings (SSSR count). The number of sulfonamides is 1. The Morgan fingerprint density at radius 3 is 2.41 bits per heavy atom. The maximum atomic E-state index is 12.4. The fraction of sp³-hybridized carbons (Fsp3) is 0.316. The van der Waals surface area contributed by atoms with Gasteiger partial charge in [-0.05, 0) is 30.7 Å². The number of nitrogens with one attached hydrogen (secondary N) is 1. The molecule has 2 aromatic rings. The Morgan fingerprint density at radius 1 is 1.07 bits per heavy atom. The number of rotatable bonds is 10. The number of methoxy groups -OCH3 is 1. The van der Waals surface area contributed by atoms with E-state index in [-0.39, 0.29) is 13.1 Å². The molecule has 146 valence electrons. The monoisotopic (exact) mass is 392 g/mol. The molecule has 1 N–H and O–H groups in total. The molecule has 1 amide bonds. The van der Waals surface area contributed by atoms with Crippen LogP contribution in [-0.4, -0.2) is 51.7 Å². The zero-order chi connectivity index (χ0) is 19.7. The highest BCUT2D eigenvalue weighted by atomic mass is 32.2. The number of ether oxygens (including phenoxy) is 2. The third kappa shape index (κ3) is 7.01. The van der Waals surface area contributed by atoms with Crippen LogP contribution in [0.15, 0.2) is 54.6 Å². The predicted molar refractivity (Wildman–Crippen MR) is 104 cm³/mol. The number of anilines is 1. The quantitative estimate of drug-likeness (QED) is 0.629. The van der Waals surface area contributed by atoms with Gasteiger partial charge in [0.25, 0.3) is 0 Å². The Morgan fingerprint density at radius 2 is 1.74 bits per heavy atom. The van der Waals surface area contributed by atoms with Gasteiger partial charge in [0.15, 0.2) is 5.75 Å². The summed E-state index contributed by atoms with van der Waals surface area (Å²) in [4.78, 5) is 12.4. The van der Waals surface area contributed by atoms with Gasteiger partial charge in [0.2, 0.25) is 15.9 Å². The van der Waals surface area contributed by atoms with Crippen LogP contribution in [0.1, 0.15) is 6.42 Å². The first kappa shape index (κ1) is 20.9. The maximum absolute atomic E-state index is 12.4. The van der Waals surface area contributed by atoms with Gasteiger partial charge in [-0.1, -0.05) is 30.3 Å². The molecule has 0 spiro atoms. The first-order chi connectivity index (χ1) is 12.9. The Kier molecular flexibility index (Phi) is 7.78. The minimum absolute atomic E-state index is 0.211. The van der Waals surface area contributed by atoms with Gasteiger partial charge in [-0.15, -0.1) is 0 Å². The summed E-state index contributed by atoms with van der Waals surface area (Å²) in [6.45, 7) is 0.353. The number of amides is 1. The lowest BCUT2D eigenvalue weighted by atomic mass is 10.3. The van der Waals surface area contributed by atoms with Crippen LogP contribution in [-0.2, 0) is 19.6 Å². The first-order valence-electron chi connectivity index (χ1n) is 8.46. The van der Waals surface area contributed by atoms with E-state index in [0.29, 0.717) is 30.2 Å². The number of hydrogen-bond acceptors (Lipinski definition) is 5. The topological polar surface area (TPSA) is 84.9 Å². The molecule has 8 heteroatoms. The molecule has 0 bridgehead atoms. The minimum Gasteiger partial charge on any atom is -0.455 e. The van der Waals surface area contributed by atoms with Crippen LogP contribution >= 0.6 is 0 Å². The molecule has 0 fully saturated rings. The highest BCUT2D eigenvalue weighted by molar-refractivity contribution is 7.88. The molecule has 2 aromatic carbocycles. The Bertz CT molecular complexity index is 840. The summed E-state index contributed by atoms with van der Waals surface area (Å²) in [6, 6.07) is 16.2. The summed E-state index contributed by atoms with van der Waals surface area (Å²) in [5, 5.41) is 2.72. The molecule has 0 unspecified atom stereocenters. The van der Waals surface area contributed by atoms with Crippen LogP contribution < -0.4 is 10.1 Å². The Hall–Kier alpha value is -2.42. The lowest BCUT2D eigenvalue weighted by molar-refractivity contribution is -0.116. The van der Waals surface area contributed by atoms with Crippen molar-refractivity contribution in [3.63, 3.8) is 0 Å². The van der Waals surface area contributed by atoms with Gasteiger partial charge < -0.3 is 14.8 Å². The number of nitrogens with zero attached hydrogens (tertiary/aromatic N) is 1. The average Bonchev–Trinajstić information content (AvgIpc) is 2.63. The van der Waals surface area contributed by atoms with Crippen LogP contribution in [0, 0.1) is 0 Å². The third-order valence-corrected chi connectivity index (χ3v) is 4.93. The predicted octanol–water partition coefficient (Wildman–Crippen LogP) is 2.72. The van der Waals surface area contributed by atoms with Gasteiger partial charge in [0.1, 0.15) is 5.75 Å². The molecule has 0 aliphatic heterocycles. The SMILES string of the molecule is COCCCN(CC(=O)Nc1ccccc1Oc1ccccc1)S(C)(=O)=O. The van der Waals surface area contributed by atoms with Crippen LogP contribution in [0.4, 0.5) is 5.69 Å². The van der Waals surface area contributed by atoms with Crippen LogP contribution in [0.5, 0.6) is 11.5 Å². The van der Waals surface area contributed by atoms with E-state index in [1.807, 2.05) is 18.2 Å². The van der Waals surface area contributed by atoms with Crippen LogP contribution in [0.3, 0.4) is 0 Å². The fourth-order valence-electron chi connectivity index (χ4n) is 2.37. The number of hydrogen-bond donors (Lipinski definition) is 1. The second-order valence-electron chi connectivity index (χ2n) is 5.90. The van der Waals surface area contributed by atoms with Crippen molar-refractivity contribution in [2.75, 3.05) is 38.4 Å². The molecule has 0 aliphatic rings. The van der Waals surface area contributed by atoms with Crippen molar-refractivity contribution in [2.45, 2.75) is 6.42 Å². The summed E-state index contributed by atoms with van der Waals surface area (Å²) in [6.07, 6.45) is 1.59. The van der Waals surface area contributed by atoms with Crippen molar-refractivity contribution in [3.8, 4) is 11.5 Å². The molecule has 0 heterocycles. The van der Waals surface area contributed by atoms with E-state index >= 15 is 0 Å². The van der Waals surface area contributed by atoms with Crippen molar-refractivity contribution in [2.24, 2.45) is 0 Å². The van der Waals surface area contributed by atoms with Crippen molar-refractivity contribution in [1.82, 2.24) is 4.31 Å². The normalized spacial score (nSPS) is 11.4. The van der Waals surface area contributed by atoms with Gasteiger partial charge in [-0.3, -0.25) is 4.79 Å². The lowest BCUT2D eigenvalue weighted by Crippen LogP contribution is -2.38. The highest BCUT2D eigenvalue weighted by Crippen LogP contribution is 2.29. The van der Waals surface area contributed by atoms with Gasteiger partial charge in [-0.2, -0.15) is 4.31 Å². The second kappa shape index (κ2) is 10.1.